The van der Waals surface area contributed by atoms with Crippen LogP contribution in [0.2, 0.25) is 0 Å². The van der Waals surface area contributed by atoms with Crippen molar-refractivity contribution in [2.24, 2.45) is 0 Å². The van der Waals surface area contributed by atoms with Crippen LogP contribution in [0.3, 0.4) is 0 Å². The Bertz CT molecular complexity index is 647. The minimum atomic E-state index is -0.915. The number of nitro benzene ring substituents is 2. The van der Waals surface area contributed by atoms with Gasteiger partial charge in [0.1, 0.15) is 0 Å². The molecule has 2 rings (SSSR count). The van der Waals surface area contributed by atoms with E-state index in [1.807, 2.05) is 0 Å². The maximum absolute atomic E-state index is 11.7. The molecule has 0 heterocycles. The van der Waals surface area contributed by atoms with Gasteiger partial charge in [-0.25, -0.2) is 0 Å². The molecule has 0 aliphatic rings. The SMILES string of the molecule is O.O.O=[N+]([O-])c1cc([N+](=O)[O-])c2ccccc2c1[O-].[Na+]. The van der Waals surface area contributed by atoms with E-state index in [2.05, 4.69) is 0 Å². The second-order valence-corrected chi connectivity index (χ2v) is 3.30. The fraction of sp³-hybridized carbons (Fsp3) is 0. The molecule has 10 heteroatoms. The van der Waals surface area contributed by atoms with Gasteiger partial charge >= 0.3 is 29.6 Å². The monoisotopic (exact) mass is 292 g/mol. The number of rotatable bonds is 2. The van der Waals surface area contributed by atoms with Crippen LogP contribution in [0.15, 0.2) is 30.3 Å². The summed E-state index contributed by atoms with van der Waals surface area (Å²) in [5.74, 6) is -0.809. The van der Waals surface area contributed by atoms with Crippen molar-refractivity contribution in [3.05, 3.63) is 50.6 Å². The molecule has 102 valence electrons. The summed E-state index contributed by atoms with van der Waals surface area (Å²) in [5, 5.41) is 33.2. The molecule has 0 spiro atoms. The topological polar surface area (TPSA) is 172 Å². The van der Waals surface area contributed by atoms with Crippen LogP contribution in [0.25, 0.3) is 10.8 Å². The molecule has 0 radical (unpaired) electrons. The summed E-state index contributed by atoms with van der Waals surface area (Å²) in [5.41, 5.74) is -1.22. The molecular formula is C10H9N2NaO7. The summed E-state index contributed by atoms with van der Waals surface area (Å²) < 4.78 is 0. The van der Waals surface area contributed by atoms with Gasteiger partial charge in [-0.3, -0.25) is 20.2 Å². The molecule has 0 aliphatic heterocycles. The third-order valence-electron chi connectivity index (χ3n) is 2.35. The molecule has 0 fully saturated rings. The molecule has 4 N–H and O–H groups in total. The molecule has 0 saturated heterocycles. The van der Waals surface area contributed by atoms with Gasteiger partial charge in [0, 0.05) is 0 Å². The van der Waals surface area contributed by atoms with E-state index >= 15 is 0 Å². The number of hydrogen-bond donors (Lipinski definition) is 0. The van der Waals surface area contributed by atoms with Gasteiger partial charge in [-0.1, -0.05) is 18.2 Å². The Labute approximate surface area is 134 Å². The van der Waals surface area contributed by atoms with Gasteiger partial charge in [-0.15, -0.1) is 0 Å². The zero-order valence-electron chi connectivity index (χ0n) is 10.3. The first kappa shape index (κ1) is 20.5. The Hall–Kier alpha value is -1.78. The van der Waals surface area contributed by atoms with E-state index in [0.29, 0.717) is 6.07 Å². The Morgan fingerprint density at radius 1 is 0.850 bits per heavy atom. The molecule has 0 saturated carbocycles. The maximum Gasteiger partial charge on any atom is 1.00 e. The summed E-state index contributed by atoms with van der Waals surface area (Å²) in [7, 11) is 0. The van der Waals surface area contributed by atoms with Crippen molar-refractivity contribution in [2.45, 2.75) is 0 Å². The summed E-state index contributed by atoms with van der Waals surface area (Å²) in [6, 6.07) is 6.44. The third kappa shape index (κ3) is 3.40. The van der Waals surface area contributed by atoms with E-state index in [1.165, 1.54) is 24.3 Å². The first-order valence-corrected chi connectivity index (χ1v) is 4.54. The molecule has 0 atom stereocenters. The van der Waals surface area contributed by atoms with E-state index in [0.717, 1.165) is 0 Å². The van der Waals surface area contributed by atoms with E-state index < -0.39 is 27.0 Å². The first-order valence-electron chi connectivity index (χ1n) is 4.54. The van der Waals surface area contributed by atoms with E-state index in [-0.39, 0.29) is 51.3 Å². The second-order valence-electron chi connectivity index (χ2n) is 3.30. The fourth-order valence-corrected chi connectivity index (χ4v) is 1.60. The Morgan fingerprint density at radius 2 is 1.30 bits per heavy atom. The summed E-state index contributed by atoms with van der Waals surface area (Å²) in [6.45, 7) is 0. The van der Waals surface area contributed by atoms with E-state index in [1.54, 1.807) is 0 Å². The molecule has 9 nitrogen and oxygen atoms in total. The predicted octanol–water partition coefficient (Wildman–Crippen LogP) is -2.92. The zero-order valence-corrected chi connectivity index (χ0v) is 12.3. The normalized spacial score (nSPS) is 8.80. The van der Waals surface area contributed by atoms with Crippen LogP contribution >= 0.6 is 0 Å². The van der Waals surface area contributed by atoms with Crippen LogP contribution in [-0.4, -0.2) is 20.8 Å². The Morgan fingerprint density at radius 3 is 1.75 bits per heavy atom. The predicted molar refractivity (Wildman–Crippen MR) is 63.9 cm³/mol. The largest absolute Gasteiger partial charge is 1.00 e. The smallest absolute Gasteiger partial charge is 0.867 e. The number of nitrogens with zero attached hydrogens (tertiary/aromatic N) is 2. The Kier molecular flexibility index (Phi) is 7.93. The van der Waals surface area contributed by atoms with Crippen molar-refractivity contribution in [3.63, 3.8) is 0 Å². The molecule has 0 aliphatic carbocycles. The Balaban J connectivity index is 0. The number of hydrogen-bond acceptors (Lipinski definition) is 5. The average Bonchev–Trinajstić information content (AvgIpc) is 2.29. The maximum atomic E-state index is 11.7. The molecule has 0 amide bonds. The van der Waals surface area contributed by atoms with Crippen molar-refractivity contribution in [2.75, 3.05) is 0 Å². The summed E-state index contributed by atoms with van der Waals surface area (Å²) in [4.78, 5) is 19.7. The molecule has 2 aromatic rings. The quantitative estimate of drug-likeness (QED) is 0.327. The van der Waals surface area contributed by atoms with Gasteiger partial charge in [-0.05, 0) is 17.2 Å². The van der Waals surface area contributed by atoms with Crippen LogP contribution in [-0.2, 0) is 0 Å². The minimum absolute atomic E-state index is 0. The van der Waals surface area contributed by atoms with Crippen LogP contribution < -0.4 is 34.7 Å². The van der Waals surface area contributed by atoms with Crippen LogP contribution in [0.4, 0.5) is 11.4 Å². The van der Waals surface area contributed by atoms with E-state index in [4.69, 9.17) is 0 Å². The fourth-order valence-electron chi connectivity index (χ4n) is 1.60. The molecule has 0 bridgehead atoms. The number of non-ortho nitro benzene ring substituents is 1. The molecular weight excluding hydrogens is 283 g/mol. The van der Waals surface area contributed by atoms with Gasteiger partial charge in [0.15, 0.2) is 0 Å². The van der Waals surface area contributed by atoms with Gasteiger partial charge < -0.3 is 16.1 Å². The van der Waals surface area contributed by atoms with Crippen molar-refractivity contribution in [3.8, 4) is 5.75 Å². The minimum Gasteiger partial charge on any atom is -0.867 e. The standard InChI is InChI=1S/C10H6N2O5.Na.2H2O/c13-10-7-4-2-1-3-6(7)8(11(14)15)5-9(10)12(16)17;;;/h1-5,13H;;2*1H2/q;+1;;/p-1. The number of fused-ring (bicyclic) bond motifs is 1. The van der Waals surface area contributed by atoms with Gasteiger partial charge in [0.05, 0.1) is 21.3 Å². The van der Waals surface area contributed by atoms with Crippen LogP contribution in [0, 0.1) is 20.2 Å². The van der Waals surface area contributed by atoms with Crippen molar-refractivity contribution in [1.29, 1.82) is 0 Å². The van der Waals surface area contributed by atoms with Crippen molar-refractivity contribution >= 4 is 22.1 Å². The molecule has 0 aromatic heterocycles. The summed E-state index contributed by atoms with van der Waals surface area (Å²) >= 11 is 0. The second kappa shape index (κ2) is 7.72. The first-order chi connectivity index (χ1) is 8.02. The van der Waals surface area contributed by atoms with Crippen LogP contribution in [0.5, 0.6) is 5.75 Å². The zero-order chi connectivity index (χ0) is 12.6. The number of nitro groups is 2. The van der Waals surface area contributed by atoms with Gasteiger partial charge in [0.2, 0.25) is 0 Å². The third-order valence-corrected chi connectivity index (χ3v) is 2.35. The van der Waals surface area contributed by atoms with Crippen molar-refractivity contribution < 1.29 is 55.5 Å². The average molecular weight is 292 g/mol. The molecule has 20 heavy (non-hydrogen) atoms. The summed E-state index contributed by atoms with van der Waals surface area (Å²) in [6.07, 6.45) is 0. The van der Waals surface area contributed by atoms with Crippen LogP contribution in [0.1, 0.15) is 0 Å². The van der Waals surface area contributed by atoms with Gasteiger partial charge in [-0.2, -0.15) is 0 Å². The van der Waals surface area contributed by atoms with E-state index in [9.17, 15) is 25.3 Å². The molecule has 2 aromatic carbocycles. The molecule has 0 unspecified atom stereocenters. The number of benzene rings is 2. The van der Waals surface area contributed by atoms with Crippen molar-refractivity contribution in [1.82, 2.24) is 0 Å². The van der Waals surface area contributed by atoms with Gasteiger partial charge in [0.25, 0.3) is 11.4 Å².